The molecule has 3 rings (SSSR count). The number of rotatable bonds is 4. The zero-order valence-electron chi connectivity index (χ0n) is 12.3. The summed E-state index contributed by atoms with van der Waals surface area (Å²) in [5, 5.41) is 1.03. The van der Waals surface area contributed by atoms with E-state index in [0.29, 0.717) is 11.5 Å². The Balaban J connectivity index is 1.77. The largest absolute Gasteiger partial charge is 0.307 e. The number of fused-ring (bicyclic) bond motifs is 1. The van der Waals surface area contributed by atoms with Gasteiger partial charge in [0, 0.05) is 28.1 Å². The summed E-state index contributed by atoms with van der Waals surface area (Å²) >= 11 is 1.63. The van der Waals surface area contributed by atoms with Crippen LogP contribution in [-0.2, 0) is 22.3 Å². The van der Waals surface area contributed by atoms with Crippen LogP contribution in [0.4, 0.5) is 0 Å². The monoisotopic (exact) mass is 319 g/mol. The summed E-state index contributed by atoms with van der Waals surface area (Å²) < 4.78 is 14.3. The molecule has 0 radical (unpaired) electrons. The Bertz CT molecular complexity index is 820. The van der Waals surface area contributed by atoms with E-state index in [-0.39, 0.29) is 0 Å². The van der Waals surface area contributed by atoms with Gasteiger partial charge >= 0.3 is 0 Å². The van der Waals surface area contributed by atoms with Gasteiger partial charge in [0.1, 0.15) is 5.65 Å². The summed E-state index contributed by atoms with van der Waals surface area (Å²) in [5.74, 6) is 1.04. The van der Waals surface area contributed by atoms with Gasteiger partial charge in [-0.1, -0.05) is 6.07 Å². The van der Waals surface area contributed by atoms with Crippen molar-refractivity contribution in [2.45, 2.75) is 32.3 Å². The molecule has 0 aromatic carbocycles. The lowest BCUT2D eigenvalue weighted by Gasteiger charge is -1.98. The van der Waals surface area contributed by atoms with Gasteiger partial charge < -0.3 is 4.40 Å². The molecule has 0 saturated heterocycles. The zero-order chi connectivity index (χ0) is 15.0. The van der Waals surface area contributed by atoms with Crippen molar-refractivity contribution in [3.8, 4) is 0 Å². The van der Waals surface area contributed by atoms with Crippen molar-refractivity contribution in [1.82, 2.24) is 14.4 Å². The van der Waals surface area contributed by atoms with E-state index in [0.717, 1.165) is 32.5 Å². The Morgan fingerprint density at radius 1 is 1.24 bits per heavy atom. The zero-order valence-corrected chi connectivity index (χ0v) is 13.9. The molecule has 0 spiro atoms. The van der Waals surface area contributed by atoms with Crippen LogP contribution >= 0.6 is 11.3 Å². The molecule has 6 heteroatoms. The highest BCUT2D eigenvalue weighted by atomic mass is 32.2. The van der Waals surface area contributed by atoms with Crippen molar-refractivity contribution in [2.24, 2.45) is 0 Å². The first-order valence-electron chi connectivity index (χ1n) is 6.74. The third-order valence-electron chi connectivity index (χ3n) is 3.33. The lowest BCUT2D eigenvalue weighted by molar-refractivity contribution is 0.682. The number of aromatic nitrogens is 3. The molecule has 3 heterocycles. The molecule has 0 aliphatic carbocycles. The summed E-state index contributed by atoms with van der Waals surface area (Å²) in [7, 11) is -0.958. The molecule has 3 aromatic rings. The maximum absolute atomic E-state index is 12.3. The van der Waals surface area contributed by atoms with Crippen molar-refractivity contribution in [1.29, 1.82) is 0 Å². The number of aryl methyl sites for hydroxylation is 3. The summed E-state index contributed by atoms with van der Waals surface area (Å²) in [4.78, 5) is 10.1. The number of pyridine rings is 1. The molecular formula is C15H17N3OS2. The van der Waals surface area contributed by atoms with E-state index in [2.05, 4.69) is 9.97 Å². The Hall–Kier alpha value is -1.53. The predicted octanol–water partition coefficient (Wildman–Crippen LogP) is 3.16. The molecule has 1 atom stereocenters. The first kappa shape index (κ1) is 14.4. The standard InChI is InChI=1S/C15H17N3OS2/c1-10-5-4-6-18-7-13(17-15(10)18)8-21(19)9-14-11(2)16-12(3)20-14/h4-7H,8-9H2,1-3H3/t21-/m1/s1. The second-order valence-electron chi connectivity index (χ2n) is 5.12. The number of imidazole rings is 1. The Kier molecular flexibility index (Phi) is 3.91. The first-order chi connectivity index (χ1) is 10.0. The molecule has 0 fully saturated rings. The van der Waals surface area contributed by atoms with Gasteiger partial charge in [-0.25, -0.2) is 9.97 Å². The number of hydrogen-bond acceptors (Lipinski definition) is 4. The van der Waals surface area contributed by atoms with Crippen LogP contribution in [0.3, 0.4) is 0 Å². The van der Waals surface area contributed by atoms with Gasteiger partial charge in [-0.3, -0.25) is 4.21 Å². The van der Waals surface area contributed by atoms with Crippen molar-refractivity contribution < 1.29 is 4.21 Å². The van der Waals surface area contributed by atoms with Crippen molar-refractivity contribution in [3.05, 3.63) is 51.4 Å². The normalized spacial score (nSPS) is 12.9. The van der Waals surface area contributed by atoms with Crippen LogP contribution in [0.15, 0.2) is 24.5 Å². The van der Waals surface area contributed by atoms with Gasteiger partial charge in [0.15, 0.2) is 0 Å². The molecule has 0 bridgehead atoms. The smallest absolute Gasteiger partial charge is 0.139 e. The third kappa shape index (κ3) is 3.06. The topological polar surface area (TPSA) is 47.3 Å². The van der Waals surface area contributed by atoms with Crippen molar-refractivity contribution >= 4 is 27.8 Å². The summed E-state index contributed by atoms with van der Waals surface area (Å²) in [6, 6.07) is 4.03. The van der Waals surface area contributed by atoms with E-state index in [1.165, 1.54) is 0 Å². The molecule has 0 aliphatic heterocycles. The lowest BCUT2D eigenvalue weighted by atomic mass is 10.3. The van der Waals surface area contributed by atoms with Gasteiger partial charge in [-0.15, -0.1) is 11.3 Å². The predicted molar refractivity (Wildman–Crippen MR) is 87.1 cm³/mol. The van der Waals surface area contributed by atoms with Crippen molar-refractivity contribution in [3.63, 3.8) is 0 Å². The Labute approximate surface area is 130 Å². The maximum atomic E-state index is 12.3. The quantitative estimate of drug-likeness (QED) is 0.742. The Morgan fingerprint density at radius 2 is 2.05 bits per heavy atom. The molecule has 0 saturated carbocycles. The van der Waals surface area contributed by atoms with Gasteiger partial charge in [-0.2, -0.15) is 0 Å². The lowest BCUT2D eigenvalue weighted by Crippen LogP contribution is -1.99. The fourth-order valence-corrected chi connectivity index (χ4v) is 4.78. The fourth-order valence-electron chi connectivity index (χ4n) is 2.34. The highest BCUT2D eigenvalue weighted by molar-refractivity contribution is 7.83. The summed E-state index contributed by atoms with van der Waals surface area (Å²) in [6.07, 6.45) is 3.93. The van der Waals surface area contributed by atoms with Gasteiger partial charge in [0.25, 0.3) is 0 Å². The van der Waals surface area contributed by atoms with Crippen LogP contribution in [0, 0.1) is 20.8 Å². The van der Waals surface area contributed by atoms with Crippen molar-refractivity contribution in [2.75, 3.05) is 0 Å². The van der Waals surface area contributed by atoms with E-state index < -0.39 is 10.8 Å². The highest BCUT2D eigenvalue weighted by Gasteiger charge is 2.12. The number of nitrogens with zero attached hydrogens (tertiary/aromatic N) is 3. The molecular weight excluding hydrogens is 302 g/mol. The van der Waals surface area contributed by atoms with Crippen LogP contribution < -0.4 is 0 Å². The van der Waals surface area contributed by atoms with Gasteiger partial charge in [0.05, 0.1) is 27.9 Å². The summed E-state index contributed by atoms with van der Waals surface area (Å²) in [6.45, 7) is 5.99. The summed E-state index contributed by atoms with van der Waals surface area (Å²) in [5.41, 5.74) is 3.94. The van der Waals surface area contributed by atoms with E-state index in [1.54, 1.807) is 11.3 Å². The molecule has 0 N–H and O–H groups in total. The number of thiazole rings is 1. The minimum absolute atomic E-state index is 0.484. The van der Waals surface area contributed by atoms with Crippen LogP contribution in [0.25, 0.3) is 5.65 Å². The van der Waals surface area contributed by atoms with Gasteiger partial charge in [0.2, 0.25) is 0 Å². The maximum Gasteiger partial charge on any atom is 0.139 e. The molecule has 0 aliphatic rings. The van der Waals surface area contributed by atoms with E-state index in [4.69, 9.17) is 0 Å². The highest BCUT2D eigenvalue weighted by Crippen LogP contribution is 2.20. The van der Waals surface area contributed by atoms with Crippen LogP contribution in [0.5, 0.6) is 0 Å². The second kappa shape index (κ2) is 5.69. The third-order valence-corrected chi connectivity index (χ3v) is 5.81. The van der Waals surface area contributed by atoms with E-state index in [1.807, 2.05) is 49.7 Å². The molecule has 110 valence electrons. The van der Waals surface area contributed by atoms with Crippen LogP contribution in [0.2, 0.25) is 0 Å². The molecule has 3 aromatic heterocycles. The fraction of sp³-hybridized carbons (Fsp3) is 0.333. The molecule has 4 nitrogen and oxygen atoms in total. The van der Waals surface area contributed by atoms with E-state index in [9.17, 15) is 4.21 Å². The minimum atomic E-state index is -0.958. The molecule has 21 heavy (non-hydrogen) atoms. The molecule has 0 amide bonds. The van der Waals surface area contributed by atoms with Gasteiger partial charge in [-0.05, 0) is 32.4 Å². The second-order valence-corrected chi connectivity index (χ2v) is 7.87. The number of hydrogen-bond donors (Lipinski definition) is 0. The molecule has 0 unspecified atom stereocenters. The van der Waals surface area contributed by atoms with Crippen LogP contribution in [-0.4, -0.2) is 18.6 Å². The first-order valence-corrected chi connectivity index (χ1v) is 9.04. The van der Waals surface area contributed by atoms with E-state index >= 15 is 0 Å². The Morgan fingerprint density at radius 3 is 2.71 bits per heavy atom. The average Bonchev–Trinajstić information content (AvgIpc) is 2.94. The average molecular weight is 319 g/mol. The SMILES string of the molecule is Cc1nc(C)c(C[S@](=O)Cc2cn3cccc(C)c3n2)s1. The van der Waals surface area contributed by atoms with Crippen LogP contribution in [0.1, 0.15) is 26.8 Å². The minimum Gasteiger partial charge on any atom is -0.307 e.